The molecule has 19 heavy (non-hydrogen) atoms. The first-order valence-corrected chi connectivity index (χ1v) is 7.52. The van der Waals surface area contributed by atoms with Gasteiger partial charge in [0.2, 0.25) is 5.13 Å². The average molecular weight is 295 g/mol. The molecule has 2 aromatic rings. The van der Waals surface area contributed by atoms with Gasteiger partial charge in [-0.3, -0.25) is 0 Å². The largest absolute Gasteiger partial charge is 0.356 e. The minimum absolute atomic E-state index is 0.224. The Morgan fingerprint density at radius 1 is 1.37 bits per heavy atom. The number of hydrogen-bond acceptors (Lipinski definition) is 5. The van der Waals surface area contributed by atoms with Gasteiger partial charge in [0.15, 0.2) is 4.34 Å². The first kappa shape index (κ1) is 14.0. The minimum Gasteiger partial charge on any atom is -0.356 e. The van der Waals surface area contributed by atoms with Crippen LogP contribution in [0.4, 0.5) is 9.52 Å². The van der Waals surface area contributed by atoms with Crippen molar-refractivity contribution in [2.45, 2.75) is 17.8 Å². The van der Waals surface area contributed by atoms with Crippen molar-refractivity contribution in [3.05, 3.63) is 47.8 Å². The Hall–Kier alpha value is -1.40. The number of aromatic nitrogens is 2. The zero-order valence-electron chi connectivity index (χ0n) is 10.5. The van der Waals surface area contributed by atoms with Gasteiger partial charge in [0, 0.05) is 12.3 Å². The number of hydrogen-bond donors (Lipinski definition) is 1. The third kappa shape index (κ3) is 4.65. The van der Waals surface area contributed by atoms with Crippen LogP contribution in [0.25, 0.3) is 0 Å². The molecule has 0 fully saturated rings. The maximum atomic E-state index is 12.8. The number of rotatable bonds is 6. The van der Waals surface area contributed by atoms with E-state index in [2.05, 4.69) is 22.1 Å². The van der Waals surface area contributed by atoms with Crippen LogP contribution < -0.4 is 5.32 Å². The van der Waals surface area contributed by atoms with Crippen molar-refractivity contribution in [2.75, 3.05) is 11.1 Å². The molecule has 0 bridgehead atoms. The van der Waals surface area contributed by atoms with Gasteiger partial charge in [0.25, 0.3) is 0 Å². The monoisotopic (exact) mass is 295 g/mol. The fourth-order valence-electron chi connectivity index (χ4n) is 1.30. The van der Waals surface area contributed by atoms with Crippen molar-refractivity contribution in [1.82, 2.24) is 10.2 Å². The topological polar surface area (TPSA) is 37.8 Å². The molecule has 2 rings (SSSR count). The van der Waals surface area contributed by atoms with Crippen molar-refractivity contribution in [3.8, 4) is 0 Å². The molecule has 0 spiro atoms. The van der Waals surface area contributed by atoms with Crippen molar-refractivity contribution in [2.24, 2.45) is 0 Å². The summed E-state index contributed by atoms with van der Waals surface area (Å²) in [5, 5.41) is 12.1. The molecule has 1 aromatic carbocycles. The van der Waals surface area contributed by atoms with Gasteiger partial charge in [0.05, 0.1) is 0 Å². The first-order chi connectivity index (χ1) is 9.13. The molecule has 0 amide bonds. The second-order valence-corrected chi connectivity index (χ2v) is 6.30. The quantitative estimate of drug-likeness (QED) is 0.646. The number of thioether (sulfide) groups is 1. The summed E-state index contributed by atoms with van der Waals surface area (Å²) in [5.74, 6) is 0.630. The molecule has 0 aliphatic carbocycles. The SMILES string of the molecule is C=C(C)CSc1nnc(NCc2ccc(F)cc2)s1. The lowest BCUT2D eigenvalue weighted by atomic mass is 10.2. The fraction of sp³-hybridized carbons (Fsp3) is 0.231. The Labute approximate surface area is 120 Å². The summed E-state index contributed by atoms with van der Waals surface area (Å²) in [7, 11) is 0. The van der Waals surface area contributed by atoms with E-state index >= 15 is 0 Å². The molecular formula is C13H14FN3S2. The van der Waals surface area contributed by atoms with Crippen LogP contribution in [0.15, 0.2) is 40.8 Å². The van der Waals surface area contributed by atoms with Gasteiger partial charge >= 0.3 is 0 Å². The summed E-state index contributed by atoms with van der Waals surface area (Å²) in [5.41, 5.74) is 2.12. The highest BCUT2D eigenvalue weighted by molar-refractivity contribution is 8.01. The molecule has 0 radical (unpaired) electrons. The van der Waals surface area contributed by atoms with Gasteiger partial charge in [-0.2, -0.15) is 0 Å². The van der Waals surface area contributed by atoms with Crippen LogP contribution >= 0.6 is 23.1 Å². The van der Waals surface area contributed by atoms with E-state index in [-0.39, 0.29) is 5.82 Å². The van der Waals surface area contributed by atoms with Gasteiger partial charge in [-0.25, -0.2) is 4.39 Å². The number of nitrogens with zero attached hydrogens (tertiary/aromatic N) is 2. The summed E-state index contributed by atoms with van der Waals surface area (Å²) in [6, 6.07) is 6.40. The van der Waals surface area contributed by atoms with E-state index in [4.69, 9.17) is 0 Å². The maximum absolute atomic E-state index is 12.8. The zero-order chi connectivity index (χ0) is 13.7. The van der Waals surface area contributed by atoms with Gasteiger partial charge in [-0.15, -0.1) is 10.2 Å². The van der Waals surface area contributed by atoms with E-state index in [1.165, 1.54) is 23.5 Å². The third-order valence-corrected chi connectivity index (χ3v) is 4.45. The Balaban J connectivity index is 1.86. The molecule has 3 nitrogen and oxygen atoms in total. The van der Waals surface area contributed by atoms with E-state index in [0.29, 0.717) is 6.54 Å². The minimum atomic E-state index is -0.224. The lowest BCUT2D eigenvalue weighted by molar-refractivity contribution is 0.627. The molecule has 0 saturated heterocycles. The van der Waals surface area contributed by atoms with Crippen molar-refractivity contribution in [3.63, 3.8) is 0 Å². The second kappa shape index (κ2) is 6.68. The predicted molar refractivity (Wildman–Crippen MR) is 79.2 cm³/mol. The van der Waals surface area contributed by atoms with Gasteiger partial charge in [-0.1, -0.05) is 47.4 Å². The van der Waals surface area contributed by atoms with E-state index < -0.39 is 0 Å². The number of halogens is 1. The normalized spacial score (nSPS) is 10.4. The van der Waals surface area contributed by atoms with Crippen molar-refractivity contribution in [1.29, 1.82) is 0 Å². The van der Waals surface area contributed by atoms with E-state index in [9.17, 15) is 4.39 Å². The summed E-state index contributed by atoms with van der Waals surface area (Å²) in [6.07, 6.45) is 0. The number of anilines is 1. The summed E-state index contributed by atoms with van der Waals surface area (Å²) >= 11 is 3.14. The Bertz CT molecular complexity index is 551. The van der Waals surface area contributed by atoms with Crippen LogP contribution in [0, 0.1) is 5.82 Å². The van der Waals surface area contributed by atoms with Gasteiger partial charge in [-0.05, 0) is 24.6 Å². The molecule has 100 valence electrons. The molecule has 1 N–H and O–H groups in total. The van der Waals surface area contributed by atoms with Crippen LogP contribution in [0.2, 0.25) is 0 Å². The number of benzene rings is 1. The van der Waals surface area contributed by atoms with Crippen molar-refractivity contribution < 1.29 is 4.39 Å². The molecular weight excluding hydrogens is 281 g/mol. The van der Waals surface area contributed by atoms with Crippen LogP contribution in [0.1, 0.15) is 12.5 Å². The second-order valence-electron chi connectivity index (χ2n) is 4.10. The third-order valence-electron chi connectivity index (χ3n) is 2.21. The molecule has 6 heteroatoms. The molecule has 1 aromatic heterocycles. The predicted octanol–water partition coefficient (Wildman–Crippen LogP) is 3.96. The highest BCUT2D eigenvalue weighted by Crippen LogP contribution is 2.26. The van der Waals surface area contributed by atoms with Crippen molar-refractivity contribution >= 4 is 28.2 Å². The summed E-state index contributed by atoms with van der Waals surface area (Å²) in [6.45, 7) is 6.45. The number of nitrogens with one attached hydrogen (secondary N) is 1. The van der Waals surface area contributed by atoms with E-state index in [0.717, 1.165) is 26.4 Å². The molecule has 0 atom stereocenters. The van der Waals surface area contributed by atoms with Gasteiger partial charge < -0.3 is 5.32 Å². The van der Waals surface area contributed by atoms with Crippen LogP contribution in [-0.2, 0) is 6.54 Å². The summed E-state index contributed by atoms with van der Waals surface area (Å²) in [4.78, 5) is 0. The summed E-state index contributed by atoms with van der Waals surface area (Å²) < 4.78 is 13.7. The molecule has 0 aliphatic rings. The Morgan fingerprint density at radius 2 is 2.11 bits per heavy atom. The lowest BCUT2D eigenvalue weighted by Crippen LogP contribution is -1.98. The lowest BCUT2D eigenvalue weighted by Gasteiger charge is -2.01. The van der Waals surface area contributed by atoms with Gasteiger partial charge in [0.1, 0.15) is 5.82 Å². The first-order valence-electron chi connectivity index (χ1n) is 5.72. The fourth-order valence-corrected chi connectivity index (χ4v) is 2.90. The molecule has 0 saturated carbocycles. The molecule has 0 unspecified atom stereocenters. The van der Waals surface area contributed by atoms with Crippen LogP contribution in [0.5, 0.6) is 0 Å². The Kier molecular flexibility index (Phi) is 4.93. The van der Waals surface area contributed by atoms with E-state index in [1.807, 2.05) is 6.92 Å². The highest BCUT2D eigenvalue weighted by Gasteiger charge is 2.04. The van der Waals surface area contributed by atoms with E-state index in [1.54, 1.807) is 23.9 Å². The average Bonchev–Trinajstić information content (AvgIpc) is 2.84. The molecule has 1 heterocycles. The maximum Gasteiger partial charge on any atom is 0.206 e. The standard InChI is InChI=1S/C13H14FN3S2/c1-9(2)8-18-13-17-16-12(19-13)15-7-10-3-5-11(14)6-4-10/h3-6H,1,7-8H2,2H3,(H,15,16). The smallest absolute Gasteiger partial charge is 0.206 e. The van der Waals surface area contributed by atoms with Crippen LogP contribution in [0.3, 0.4) is 0 Å². The van der Waals surface area contributed by atoms with Crippen LogP contribution in [-0.4, -0.2) is 16.0 Å². The highest BCUT2D eigenvalue weighted by atomic mass is 32.2. The molecule has 0 aliphatic heterocycles. The zero-order valence-corrected chi connectivity index (χ0v) is 12.2. The Morgan fingerprint density at radius 3 is 2.79 bits per heavy atom.